The molecule has 0 aromatic heterocycles. The maximum Gasteiger partial charge on any atom is 0.221 e. The van der Waals surface area contributed by atoms with Crippen molar-refractivity contribution in [2.24, 2.45) is 5.73 Å². The summed E-state index contributed by atoms with van der Waals surface area (Å²) in [6, 6.07) is 7.94. The second-order valence-electron chi connectivity index (χ2n) is 6.14. The number of ether oxygens (including phenoxy) is 1. The number of aliphatic hydroxyl groups excluding tert-OH is 1. The highest BCUT2D eigenvalue weighted by atomic mass is 16.5. The fraction of sp³-hybridized carbons (Fsp3) is 0.588. The SMILES string of the molecule is CC(C)N(CC(O)COc1ccc(CC(N)=O)cc1)C(C)C. The molecule has 5 nitrogen and oxygen atoms in total. The zero-order valence-electron chi connectivity index (χ0n) is 14.0. The third kappa shape index (κ3) is 6.45. The average Bonchev–Trinajstić information content (AvgIpc) is 2.42. The molecule has 1 amide bonds. The number of benzene rings is 1. The second-order valence-corrected chi connectivity index (χ2v) is 6.14. The molecule has 1 unspecified atom stereocenters. The van der Waals surface area contributed by atoms with Gasteiger partial charge in [-0.2, -0.15) is 0 Å². The molecule has 3 N–H and O–H groups in total. The minimum Gasteiger partial charge on any atom is -0.491 e. The molecule has 0 heterocycles. The van der Waals surface area contributed by atoms with E-state index in [1.54, 1.807) is 24.3 Å². The van der Waals surface area contributed by atoms with Crippen molar-refractivity contribution in [2.45, 2.75) is 52.3 Å². The highest BCUT2D eigenvalue weighted by molar-refractivity contribution is 5.76. The molecule has 0 saturated carbocycles. The molecule has 0 fully saturated rings. The van der Waals surface area contributed by atoms with Crippen LogP contribution in [0.2, 0.25) is 0 Å². The third-order valence-electron chi connectivity index (χ3n) is 3.49. The number of rotatable bonds is 9. The minimum atomic E-state index is -0.546. The van der Waals surface area contributed by atoms with Gasteiger partial charge in [-0.05, 0) is 45.4 Å². The van der Waals surface area contributed by atoms with E-state index in [2.05, 4.69) is 32.6 Å². The van der Waals surface area contributed by atoms with Gasteiger partial charge < -0.3 is 15.6 Å². The molecule has 0 aliphatic carbocycles. The van der Waals surface area contributed by atoms with E-state index in [1.165, 1.54) is 0 Å². The van der Waals surface area contributed by atoms with E-state index in [0.29, 0.717) is 24.4 Å². The maximum absolute atomic E-state index is 10.8. The molecule has 0 aliphatic heterocycles. The quantitative estimate of drug-likeness (QED) is 0.726. The lowest BCUT2D eigenvalue weighted by Crippen LogP contribution is -2.43. The number of hydrogen-bond acceptors (Lipinski definition) is 4. The summed E-state index contributed by atoms with van der Waals surface area (Å²) < 4.78 is 5.60. The molecule has 1 aromatic carbocycles. The van der Waals surface area contributed by atoms with Crippen molar-refractivity contribution in [3.8, 4) is 5.75 Å². The Kier molecular flexibility index (Phi) is 7.35. The number of carbonyl (C=O) groups excluding carboxylic acids is 1. The summed E-state index contributed by atoms with van der Waals surface area (Å²) in [5.41, 5.74) is 6.00. The van der Waals surface area contributed by atoms with Gasteiger partial charge in [0.25, 0.3) is 0 Å². The lowest BCUT2D eigenvalue weighted by Gasteiger charge is -2.32. The topological polar surface area (TPSA) is 75.8 Å². The van der Waals surface area contributed by atoms with Gasteiger partial charge in [-0.25, -0.2) is 0 Å². The standard InChI is InChI=1S/C17H28N2O3/c1-12(2)19(13(3)4)10-15(20)11-22-16-7-5-14(6-8-16)9-17(18)21/h5-8,12-13,15,20H,9-11H2,1-4H3,(H2,18,21). The Morgan fingerprint density at radius 3 is 2.18 bits per heavy atom. The van der Waals surface area contributed by atoms with Gasteiger partial charge in [-0.3, -0.25) is 9.69 Å². The normalized spacial score (nSPS) is 12.9. The molecule has 0 spiro atoms. The van der Waals surface area contributed by atoms with E-state index in [0.717, 1.165) is 5.56 Å². The molecule has 1 rings (SSSR count). The third-order valence-corrected chi connectivity index (χ3v) is 3.49. The van der Waals surface area contributed by atoms with Gasteiger partial charge in [-0.1, -0.05) is 12.1 Å². The Labute approximate surface area is 133 Å². The monoisotopic (exact) mass is 308 g/mol. The van der Waals surface area contributed by atoms with Crippen LogP contribution in [0.3, 0.4) is 0 Å². The van der Waals surface area contributed by atoms with Crippen molar-refractivity contribution in [3.05, 3.63) is 29.8 Å². The predicted octanol–water partition coefficient (Wildman–Crippen LogP) is 1.57. The minimum absolute atomic E-state index is 0.223. The van der Waals surface area contributed by atoms with Crippen LogP contribution in [-0.4, -0.2) is 47.3 Å². The first kappa shape index (κ1) is 18.5. The van der Waals surface area contributed by atoms with E-state index in [-0.39, 0.29) is 18.9 Å². The highest BCUT2D eigenvalue weighted by Gasteiger charge is 2.17. The fourth-order valence-corrected chi connectivity index (χ4v) is 2.41. The molecule has 0 bridgehead atoms. The summed E-state index contributed by atoms with van der Waals surface area (Å²) in [6.07, 6.45) is -0.323. The molecule has 0 aliphatic rings. The van der Waals surface area contributed by atoms with Gasteiger partial charge in [0.05, 0.1) is 6.42 Å². The van der Waals surface area contributed by atoms with Crippen LogP contribution in [0.5, 0.6) is 5.75 Å². The molecular weight excluding hydrogens is 280 g/mol. The fourth-order valence-electron chi connectivity index (χ4n) is 2.41. The largest absolute Gasteiger partial charge is 0.491 e. The Balaban J connectivity index is 2.46. The molecule has 22 heavy (non-hydrogen) atoms. The van der Waals surface area contributed by atoms with Crippen LogP contribution >= 0.6 is 0 Å². The Morgan fingerprint density at radius 2 is 1.73 bits per heavy atom. The molecule has 0 saturated heterocycles. The number of hydrogen-bond donors (Lipinski definition) is 2. The average molecular weight is 308 g/mol. The summed E-state index contributed by atoms with van der Waals surface area (Å²) in [7, 11) is 0. The van der Waals surface area contributed by atoms with E-state index < -0.39 is 6.10 Å². The van der Waals surface area contributed by atoms with Gasteiger partial charge >= 0.3 is 0 Å². The zero-order valence-corrected chi connectivity index (χ0v) is 14.0. The summed E-state index contributed by atoms with van der Waals surface area (Å²) in [5.74, 6) is 0.319. The Morgan fingerprint density at radius 1 is 1.18 bits per heavy atom. The van der Waals surface area contributed by atoms with Crippen LogP contribution in [0, 0.1) is 0 Å². The van der Waals surface area contributed by atoms with Gasteiger partial charge in [0, 0.05) is 18.6 Å². The molecule has 124 valence electrons. The second kappa shape index (κ2) is 8.76. The number of nitrogens with two attached hydrogens (primary N) is 1. The summed E-state index contributed by atoms with van der Waals surface area (Å²) >= 11 is 0. The molecule has 1 atom stereocenters. The van der Waals surface area contributed by atoms with Gasteiger partial charge in [-0.15, -0.1) is 0 Å². The maximum atomic E-state index is 10.8. The smallest absolute Gasteiger partial charge is 0.221 e. The Hall–Kier alpha value is -1.59. The van der Waals surface area contributed by atoms with Crippen molar-refractivity contribution in [3.63, 3.8) is 0 Å². The molecular formula is C17H28N2O3. The van der Waals surface area contributed by atoms with E-state index in [1.807, 2.05) is 0 Å². The predicted molar refractivity (Wildman–Crippen MR) is 87.8 cm³/mol. The molecule has 5 heteroatoms. The van der Waals surface area contributed by atoms with E-state index in [4.69, 9.17) is 10.5 Å². The number of aliphatic hydroxyl groups is 1. The van der Waals surface area contributed by atoms with E-state index in [9.17, 15) is 9.90 Å². The van der Waals surface area contributed by atoms with Crippen LogP contribution in [0.4, 0.5) is 0 Å². The first-order chi connectivity index (χ1) is 10.3. The number of primary amides is 1. The molecule has 0 radical (unpaired) electrons. The molecule has 1 aromatic rings. The van der Waals surface area contributed by atoms with Gasteiger partial charge in [0.1, 0.15) is 18.5 Å². The lowest BCUT2D eigenvalue weighted by molar-refractivity contribution is -0.117. The van der Waals surface area contributed by atoms with Crippen LogP contribution in [0.1, 0.15) is 33.3 Å². The highest BCUT2D eigenvalue weighted by Crippen LogP contribution is 2.13. The zero-order chi connectivity index (χ0) is 16.7. The number of amides is 1. The van der Waals surface area contributed by atoms with Crippen molar-refractivity contribution >= 4 is 5.91 Å². The van der Waals surface area contributed by atoms with Gasteiger partial charge in [0.15, 0.2) is 0 Å². The lowest BCUT2D eigenvalue weighted by atomic mass is 10.1. The first-order valence-corrected chi connectivity index (χ1v) is 7.73. The van der Waals surface area contributed by atoms with Crippen molar-refractivity contribution < 1.29 is 14.6 Å². The summed E-state index contributed by atoms with van der Waals surface area (Å²) in [6.45, 7) is 9.28. The van der Waals surface area contributed by atoms with Crippen LogP contribution in [0.15, 0.2) is 24.3 Å². The summed E-state index contributed by atoms with van der Waals surface area (Å²) in [4.78, 5) is 13.1. The van der Waals surface area contributed by atoms with Crippen LogP contribution in [-0.2, 0) is 11.2 Å². The number of carbonyl (C=O) groups is 1. The Bertz CT molecular complexity index is 449. The van der Waals surface area contributed by atoms with Crippen molar-refractivity contribution in [2.75, 3.05) is 13.2 Å². The van der Waals surface area contributed by atoms with Crippen LogP contribution < -0.4 is 10.5 Å². The number of nitrogens with zero attached hydrogens (tertiary/aromatic N) is 1. The van der Waals surface area contributed by atoms with Crippen molar-refractivity contribution in [1.82, 2.24) is 4.90 Å². The first-order valence-electron chi connectivity index (χ1n) is 7.73. The van der Waals surface area contributed by atoms with E-state index >= 15 is 0 Å². The van der Waals surface area contributed by atoms with Crippen LogP contribution in [0.25, 0.3) is 0 Å². The van der Waals surface area contributed by atoms with Gasteiger partial charge in [0.2, 0.25) is 5.91 Å². The van der Waals surface area contributed by atoms with Crippen molar-refractivity contribution in [1.29, 1.82) is 0 Å². The summed E-state index contributed by atoms with van der Waals surface area (Å²) in [5, 5.41) is 10.1.